The van der Waals surface area contributed by atoms with Gasteiger partial charge in [-0.3, -0.25) is 0 Å². The molecule has 0 saturated carbocycles. The molecule has 0 aromatic heterocycles. The second-order valence-electron chi connectivity index (χ2n) is 8.90. The third-order valence-electron chi connectivity index (χ3n) is 6.02. The van der Waals surface area contributed by atoms with Crippen molar-refractivity contribution in [1.29, 1.82) is 0 Å². The normalized spacial score (nSPS) is 15.6. The third-order valence-corrected chi connectivity index (χ3v) is 8.88. The Morgan fingerprint density at radius 1 is 0.727 bits per heavy atom. The minimum absolute atomic E-state index is 0.728. The van der Waals surface area contributed by atoms with Gasteiger partial charge in [0.2, 0.25) is 0 Å². The number of hydrogen-bond acceptors (Lipinski definition) is 2. The van der Waals surface area contributed by atoms with E-state index in [0.717, 1.165) is 10.9 Å². The number of aryl methyl sites for hydroxylation is 6. The van der Waals surface area contributed by atoms with Crippen molar-refractivity contribution in [1.82, 2.24) is 0 Å². The van der Waals surface area contributed by atoms with Crippen LogP contribution in [0.5, 0.6) is 0 Å². The molecule has 3 aromatic rings. The van der Waals surface area contributed by atoms with Crippen molar-refractivity contribution in [2.24, 2.45) is 0 Å². The SMILES string of the molecule is Cc1cc(C)c(N2CC(=Cc3ccccc3)N(c3c(C)cc(C)cc3C)[C]2=[Ru]([Cl])[Cl])c(C)c1. The van der Waals surface area contributed by atoms with E-state index in [1.807, 2.05) is 6.07 Å². The number of hydrogen-bond donors (Lipinski definition) is 0. The Balaban J connectivity index is 1.99. The predicted octanol–water partition coefficient (Wildman–Crippen LogP) is 7.92. The number of benzene rings is 3. The second kappa shape index (κ2) is 9.75. The minimum atomic E-state index is -2.31. The first-order valence-electron chi connectivity index (χ1n) is 11.0. The second-order valence-corrected chi connectivity index (χ2v) is 14.6. The molecular weight excluding hydrogens is 536 g/mol. The van der Waals surface area contributed by atoms with Crippen LogP contribution in [0.1, 0.15) is 38.9 Å². The van der Waals surface area contributed by atoms with Crippen LogP contribution in [0.4, 0.5) is 11.4 Å². The summed E-state index contributed by atoms with van der Waals surface area (Å²) in [5.41, 5.74) is 12.2. The molecule has 2 nitrogen and oxygen atoms in total. The zero-order valence-corrected chi connectivity index (χ0v) is 23.2. The summed E-state index contributed by atoms with van der Waals surface area (Å²) >= 11 is -2.31. The van der Waals surface area contributed by atoms with Crippen LogP contribution in [0.3, 0.4) is 0 Å². The van der Waals surface area contributed by atoms with E-state index in [-0.39, 0.29) is 0 Å². The van der Waals surface area contributed by atoms with Gasteiger partial charge in [0, 0.05) is 0 Å². The van der Waals surface area contributed by atoms with E-state index in [4.69, 9.17) is 19.4 Å². The van der Waals surface area contributed by atoms with Gasteiger partial charge in [0.15, 0.2) is 0 Å². The summed E-state index contributed by atoms with van der Waals surface area (Å²) in [5.74, 6) is 0. The van der Waals surface area contributed by atoms with E-state index in [1.165, 1.54) is 56.0 Å². The molecule has 0 radical (unpaired) electrons. The van der Waals surface area contributed by atoms with E-state index in [9.17, 15) is 0 Å². The molecule has 1 aliphatic rings. The average molecular weight is 567 g/mol. The van der Waals surface area contributed by atoms with Gasteiger partial charge in [0.25, 0.3) is 0 Å². The van der Waals surface area contributed by atoms with Gasteiger partial charge in [-0.05, 0) is 0 Å². The van der Waals surface area contributed by atoms with Gasteiger partial charge in [0.1, 0.15) is 0 Å². The standard InChI is InChI=1S/C28H30N2.2ClH.Ru/c1-19-12-21(3)27(22(4)13-19)29-17-26(16-25-10-8-7-9-11-25)30(18-29)28-23(5)14-20(2)15-24(28)6;;;/h7-16H,17H2,1-6H3;2*1H;/q;;;+2/p-2. The summed E-state index contributed by atoms with van der Waals surface area (Å²) in [6.07, 6.45) is 2.27. The van der Waals surface area contributed by atoms with Gasteiger partial charge in [0.05, 0.1) is 0 Å². The molecule has 1 heterocycles. The first-order valence-corrected chi connectivity index (χ1v) is 16.4. The molecular formula is C28H30Cl2N2Ru. The Bertz CT molecular complexity index is 1230. The van der Waals surface area contributed by atoms with E-state index in [0.29, 0.717) is 0 Å². The molecule has 0 unspecified atom stereocenters. The Hall–Kier alpha value is -1.93. The molecule has 0 atom stereocenters. The zero-order chi connectivity index (χ0) is 23.9. The molecule has 4 rings (SSSR count). The van der Waals surface area contributed by atoms with Gasteiger partial charge < -0.3 is 0 Å². The summed E-state index contributed by atoms with van der Waals surface area (Å²) in [4.78, 5) is 4.70. The first-order chi connectivity index (χ1) is 15.7. The summed E-state index contributed by atoms with van der Waals surface area (Å²) in [7, 11) is 13.7. The summed E-state index contributed by atoms with van der Waals surface area (Å²) in [6.45, 7) is 13.7. The van der Waals surface area contributed by atoms with Crippen LogP contribution in [0, 0.1) is 41.5 Å². The molecule has 174 valence electrons. The average Bonchev–Trinajstić information content (AvgIpc) is 3.05. The molecule has 0 bridgehead atoms. The number of nitrogens with zero attached hydrogens (tertiary/aromatic N) is 2. The van der Waals surface area contributed by atoms with Gasteiger partial charge in [-0.1, -0.05) is 0 Å². The van der Waals surface area contributed by atoms with Gasteiger partial charge >= 0.3 is 212 Å². The van der Waals surface area contributed by atoms with Crippen molar-refractivity contribution in [2.75, 3.05) is 16.3 Å². The fourth-order valence-corrected chi connectivity index (χ4v) is 8.03. The first kappa shape index (κ1) is 24.2. The van der Waals surface area contributed by atoms with E-state index >= 15 is 0 Å². The molecule has 1 fully saturated rings. The third kappa shape index (κ3) is 4.83. The molecule has 0 spiro atoms. The summed E-state index contributed by atoms with van der Waals surface area (Å²) < 4.78 is 1.02. The maximum atomic E-state index is 6.87. The maximum absolute atomic E-state index is 6.87. The van der Waals surface area contributed by atoms with Crippen molar-refractivity contribution in [3.63, 3.8) is 0 Å². The fraction of sp³-hybridized carbons (Fsp3) is 0.250. The quantitative estimate of drug-likeness (QED) is 0.297. The number of halogens is 2. The van der Waals surface area contributed by atoms with Crippen LogP contribution in [-0.4, -0.2) is 10.9 Å². The van der Waals surface area contributed by atoms with E-state index < -0.39 is 13.5 Å². The Labute approximate surface area is 211 Å². The number of rotatable bonds is 3. The summed E-state index contributed by atoms with van der Waals surface area (Å²) in [5, 5.41) is 0. The topological polar surface area (TPSA) is 6.48 Å². The van der Waals surface area contributed by atoms with Gasteiger partial charge in [-0.2, -0.15) is 0 Å². The molecule has 33 heavy (non-hydrogen) atoms. The Kier molecular flexibility index (Phi) is 7.15. The molecule has 1 aliphatic heterocycles. The van der Waals surface area contributed by atoms with Gasteiger partial charge in [-0.15, -0.1) is 0 Å². The van der Waals surface area contributed by atoms with Crippen LogP contribution in [0.15, 0.2) is 60.3 Å². The van der Waals surface area contributed by atoms with Crippen LogP contribution in [0.2, 0.25) is 0 Å². The Morgan fingerprint density at radius 2 is 1.21 bits per heavy atom. The Morgan fingerprint density at radius 3 is 1.70 bits per heavy atom. The van der Waals surface area contributed by atoms with Crippen LogP contribution < -0.4 is 9.80 Å². The van der Waals surface area contributed by atoms with Crippen molar-refractivity contribution in [2.45, 2.75) is 41.5 Å². The molecule has 5 heteroatoms. The van der Waals surface area contributed by atoms with Crippen molar-refractivity contribution >= 4 is 41.2 Å². The zero-order valence-electron chi connectivity index (χ0n) is 20.0. The molecule has 0 amide bonds. The van der Waals surface area contributed by atoms with Crippen molar-refractivity contribution in [3.05, 3.63) is 99.2 Å². The monoisotopic (exact) mass is 566 g/mol. The van der Waals surface area contributed by atoms with Crippen molar-refractivity contribution in [3.8, 4) is 0 Å². The molecule has 0 aliphatic carbocycles. The molecule has 1 saturated heterocycles. The van der Waals surface area contributed by atoms with E-state index in [2.05, 4.69) is 106 Å². The molecule has 0 N–H and O–H groups in total. The number of anilines is 2. The predicted molar refractivity (Wildman–Crippen MR) is 142 cm³/mol. The summed E-state index contributed by atoms with van der Waals surface area (Å²) in [6, 6.07) is 19.4. The van der Waals surface area contributed by atoms with Crippen LogP contribution in [0.25, 0.3) is 6.08 Å². The van der Waals surface area contributed by atoms with Crippen LogP contribution in [-0.2, 0) is 13.5 Å². The fourth-order valence-electron chi connectivity index (χ4n) is 5.04. The molecule has 3 aromatic carbocycles. The van der Waals surface area contributed by atoms with Crippen LogP contribution >= 0.6 is 19.4 Å². The van der Waals surface area contributed by atoms with Gasteiger partial charge in [-0.25, -0.2) is 0 Å². The van der Waals surface area contributed by atoms with E-state index in [1.54, 1.807) is 0 Å². The van der Waals surface area contributed by atoms with Crippen molar-refractivity contribution < 1.29 is 13.5 Å².